The molecule has 0 saturated carbocycles. The molecule has 1 fully saturated rings. The lowest BCUT2D eigenvalue weighted by molar-refractivity contribution is -0.183. The molecule has 5 N–H and O–H groups in total. The maximum Gasteiger partial charge on any atom is 0.111 e. The number of aliphatic hydroxyl groups excluding tert-OH is 3. The Morgan fingerprint density at radius 1 is 1.27 bits per heavy atom. The van der Waals surface area contributed by atoms with Crippen LogP contribution in [0.1, 0.15) is 0 Å². The molecule has 0 aromatic carbocycles. The van der Waals surface area contributed by atoms with Crippen molar-refractivity contribution in [3.8, 4) is 0 Å². The van der Waals surface area contributed by atoms with Crippen LogP contribution in [-0.4, -0.2) is 52.9 Å². The highest BCUT2D eigenvalue weighted by molar-refractivity contribution is 4.86. The van der Waals surface area contributed by atoms with E-state index in [-0.39, 0.29) is 13.2 Å². The predicted molar refractivity (Wildman–Crippen MR) is 36.8 cm³/mol. The van der Waals surface area contributed by atoms with E-state index < -0.39 is 24.4 Å². The highest BCUT2D eigenvalue weighted by atomic mass is 16.5. The van der Waals surface area contributed by atoms with Gasteiger partial charge in [0.2, 0.25) is 0 Å². The molecule has 1 aliphatic rings. The molecular formula is C6H13NO4. The Bertz CT molecular complexity index is 130. The first-order valence-corrected chi connectivity index (χ1v) is 3.52. The van der Waals surface area contributed by atoms with E-state index in [0.717, 1.165) is 0 Å². The standard InChI is InChI=1S/C6H13NO4/c7-1-4-6(10)5(9)3(8)2-11-4/h3-6,8-10H,1-2,7H2/t3-,4+,5-,6+/m1/s1. The molecule has 11 heavy (non-hydrogen) atoms. The number of hydrogen-bond donors (Lipinski definition) is 4. The van der Waals surface area contributed by atoms with Crippen LogP contribution in [0.25, 0.3) is 0 Å². The molecule has 1 rings (SSSR count). The SMILES string of the molecule is NC[C@@H]1OC[C@@H](O)[C@@H](O)[C@H]1O. The van der Waals surface area contributed by atoms with Crippen LogP contribution in [0, 0.1) is 0 Å². The Morgan fingerprint density at radius 2 is 1.91 bits per heavy atom. The van der Waals surface area contributed by atoms with Gasteiger partial charge in [0, 0.05) is 6.54 Å². The van der Waals surface area contributed by atoms with Crippen molar-refractivity contribution in [3.63, 3.8) is 0 Å². The summed E-state index contributed by atoms with van der Waals surface area (Å²) in [7, 11) is 0. The molecule has 1 saturated heterocycles. The van der Waals surface area contributed by atoms with Crippen LogP contribution in [0.4, 0.5) is 0 Å². The average molecular weight is 163 g/mol. The molecule has 0 unspecified atom stereocenters. The lowest BCUT2D eigenvalue weighted by Gasteiger charge is -2.34. The van der Waals surface area contributed by atoms with E-state index in [0.29, 0.717) is 0 Å². The molecule has 4 atom stereocenters. The van der Waals surface area contributed by atoms with Crippen molar-refractivity contribution >= 4 is 0 Å². The summed E-state index contributed by atoms with van der Waals surface area (Å²) in [5.74, 6) is 0. The molecule has 66 valence electrons. The van der Waals surface area contributed by atoms with Gasteiger partial charge in [0.25, 0.3) is 0 Å². The highest BCUT2D eigenvalue weighted by Crippen LogP contribution is 2.14. The second-order valence-corrected chi connectivity index (χ2v) is 2.66. The predicted octanol–water partition coefficient (Wildman–Crippen LogP) is -2.57. The van der Waals surface area contributed by atoms with Crippen molar-refractivity contribution < 1.29 is 20.1 Å². The minimum Gasteiger partial charge on any atom is -0.388 e. The summed E-state index contributed by atoms with van der Waals surface area (Å²) in [6.45, 7) is 0.172. The number of hydrogen-bond acceptors (Lipinski definition) is 5. The van der Waals surface area contributed by atoms with Crippen molar-refractivity contribution in [1.29, 1.82) is 0 Å². The van der Waals surface area contributed by atoms with Crippen molar-refractivity contribution in [2.24, 2.45) is 5.73 Å². The van der Waals surface area contributed by atoms with E-state index in [1.807, 2.05) is 0 Å². The molecule has 5 heteroatoms. The fourth-order valence-corrected chi connectivity index (χ4v) is 1.07. The fraction of sp³-hybridized carbons (Fsp3) is 1.00. The Morgan fingerprint density at radius 3 is 2.45 bits per heavy atom. The van der Waals surface area contributed by atoms with Gasteiger partial charge < -0.3 is 25.8 Å². The molecule has 0 spiro atoms. The topological polar surface area (TPSA) is 95.9 Å². The van der Waals surface area contributed by atoms with Gasteiger partial charge in [-0.3, -0.25) is 0 Å². The highest BCUT2D eigenvalue weighted by Gasteiger charge is 2.36. The van der Waals surface area contributed by atoms with Gasteiger partial charge in [0.05, 0.1) is 12.7 Å². The minimum atomic E-state index is -1.14. The van der Waals surface area contributed by atoms with Crippen molar-refractivity contribution in [2.75, 3.05) is 13.2 Å². The normalized spacial score (nSPS) is 45.8. The van der Waals surface area contributed by atoms with Gasteiger partial charge in [-0.05, 0) is 0 Å². The molecule has 0 bridgehead atoms. The largest absolute Gasteiger partial charge is 0.388 e. The summed E-state index contributed by atoms with van der Waals surface area (Å²) in [6.07, 6.45) is -3.79. The van der Waals surface area contributed by atoms with Crippen LogP contribution >= 0.6 is 0 Å². The lowest BCUT2D eigenvalue weighted by atomic mass is 10.0. The molecule has 0 aromatic rings. The van der Waals surface area contributed by atoms with Crippen LogP contribution in [-0.2, 0) is 4.74 Å². The second kappa shape index (κ2) is 3.46. The van der Waals surface area contributed by atoms with Gasteiger partial charge in [-0.25, -0.2) is 0 Å². The summed E-state index contributed by atoms with van der Waals surface area (Å²) in [4.78, 5) is 0. The van der Waals surface area contributed by atoms with Gasteiger partial charge in [-0.2, -0.15) is 0 Å². The van der Waals surface area contributed by atoms with Gasteiger partial charge in [-0.15, -0.1) is 0 Å². The quantitative estimate of drug-likeness (QED) is 0.340. The Kier molecular flexibility index (Phi) is 2.80. The third-order valence-electron chi connectivity index (χ3n) is 1.84. The molecule has 1 heterocycles. The number of nitrogens with two attached hydrogens (primary N) is 1. The zero-order valence-corrected chi connectivity index (χ0v) is 6.05. The first kappa shape index (κ1) is 8.89. The smallest absolute Gasteiger partial charge is 0.111 e. The molecule has 0 amide bonds. The Labute approximate surface area is 64.4 Å². The third kappa shape index (κ3) is 1.69. The maximum atomic E-state index is 9.19. The number of aliphatic hydroxyl groups is 3. The van der Waals surface area contributed by atoms with E-state index >= 15 is 0 Å². The monoisotopic (exact) mass is 163 g/mol. The molecule has 5 nitrogen and oxygen atoms in total. The summed E-state index contributed by atoms with van der Waals surface area (Å²) in [5.41, 5.74) is 5.22. The van der Waals surface area contributed by atoms with Crippen molar-refractivity contribution in [3.05, 3.63) is 0 Å². The van der Waals surface area contributed by atoms with E-state index in [1.165, 1.54) is 0 Å². The Hall–Kier alpha value is -0.200. The lowest BCUT2D eigenvalue weighted by Crippen LogP contribution is -2.55. The molecule has 0 radical (unpaired) electrons. The van der Waals surface area contributed by atoms with E-state index in [1.54, 1.807) is 0 Å². The zero-order chi connectivity index (χ0) is 8.43. The summed E-state index contributed by atoms with van der Waals surface area (Å²) >= 11 is 0. The van der Waals surface area contributed by atoms with Gasteiger partial charge in [0.15, 0.2) is 0 Å². The van der Waals surface area contributed by atoms with Crippen molar-refractivity contribution in [1.82, 2.24) is 0 Å². The minimum absolute atomic E-state index is 0.0279. The number of rotatable bonds is 1. The summed E-state index contributed by atoms with van der Waals surface area (Å²) in [5, 5.41) is 27.3. The third-order valence-corrected chi connectivity index (χ3v) is 1.84. The zero-order valence-electron chi connectivity index (χ0n) is 6.05. The second-order valence-electron chi connectivity index (χ2n) is 2.66. The van der Waals surface area contributed by atoms with Crippen molar-refractivity contribution in [2.45, 2.75) is 24.4 Å². The Balaban J connectivity index is 2.52. The van der Waals surface area contributed by atoms with Crippen LogP contribution in [0.5, 0.6) is 0 Å². The van der Waals surface area contributed by atoms with E-state index in [9.17, 15) is 5.11 Å². The fourth-order valence-electron chi connectivity index (χ4n) is 1.07. The van der Waals surface area contributed by atoms with Crippen LogP contribution < -0.4 is 5.73 Å². The summed E-state index contributed by atoms with van der Waals surface area (Å²) in [6, 6.07) is 0. The average Bonchev–Trinajstić information content (AvgIpc) is 2.01. The molecule has 0 aromatic heterocycles. The van der Waals surface area contributed by atoms with Crippen LogP contribution in [0.3, 0.4) is 0 Å². The summed E-state index contributed by atoms with van der Waals surface area (Å²) < 4.78 is 4.94. The van der Waals surface area contributed by atoms with Crippen LogP contribution in [0.2, 0.25) is 0 Å². The van der Waals surface area contributed by atoms with E-state index in [2.05, 4.69) is 0 Å². The maximum absolute atomic E-state index is 9.19. The first-order valence-electron chi connectivity index (χ1n) is 3.52. The first-order chi connectivity index (χ1) is 5.16. The molecule has 1 aliphatic heterocycles. The number of ether oxygens (including phenoxy) is 1. The van der Waals surface area contributed by atoms with Gasteiger partial charge >= 0.3 is 0 Å². The van der Waals surface area contributed by atoms with E-state index in [4.69, 9.17) is 20.7 Å². The molecular weight excluding hydrogens is 150 g/mol. The van der Waals surface area contributed by atoms with Gasteiger partial charge in [0.1, 0.15) is 18.3 Å². The molecule has 0 aliphatic carbocycles. The van der Waals surface area contributed by atoms with Gasteiger partial charge in [-0.1, -0.05) is 0 Å². The van der Waals surface area contributed by atoms with Crippen LogP contribution in [0.15, 0.2) is 0 Å².